The molecule has 0 bridgehead atoms. The van der Waals surface area contributed by atoms with Gasteiger partial charge in [0.15, 0.2) is 0 Å². The number of nitrogens with one attached hydrogen (secondary N) is 2. The standard InChI is InChI=1S/C21H30N2O6.C9H12N2O5/c1-13(2)15-7-5-4-6-14(15)10-28-12-21(3)11-23(20(27)22-19(21)26)18-8-16(25)17(9-24)29-18;12-4-6-5(13)3-8(16-6)11-2-1-7(14)10-9(11)15/h4-7,13,16-18,24-25H,8-12H2,1-3H3,(H,22,26,27);1-2,5-6,8,12-13H,3-4H2,(H,10,14,15)/t16-,17+,18+,21?;5-,6+,8+/m00/s1. The third-order valence-electron chi connectivity index (χ3n) is 8.18. The number of nitrogens with zero attached hydrogens (tertiary/aromatic N) is 2. The molecule has 7 atom stereocenters. The zero-order chi connectivity index (χ0) is 32.9. The van der Waals surface area contributed by atoms with Gasteiger partial charge in [0.25, 0.3) is 5.56 Å². The fourth-order valence-electron chi connectivity index (χ4n) is 5.57. The molecule has 0 radical (unpaired) electrons. The summed E-state index contributed by atoms with van der Waals surface area (Å²) in [6.07, 6.45) is -2.75. The average Bonchev–Trinajstić information content (AvgIpc) is 3.56. The SMILES string of the molecule is CC(C)c1ccccc1COCC1(C)CN([C@H]2C[C@H](O)[C@@H](CO)O2)C(=O)NC1=O.O=c1ccn([C@H]2C[C@H](O)[C@@H](CO)O2)c(=O)[nH]1. The van der Waals surface area contributed by atoms with Crippen molar-refractivity contribution < 1.29 is 44.2 Å². The molecule has 0 spiro atoms. The Labute approximate surface area is 259 Å². The molecule has 3 fully saturated rings. The number of amides is 3. The lowest BCUT2D eigenvalue weighted by atomic mass is 9.88. The van der Waals surface area contributed by atoms with Crippen LogP contribution in [0.4, 0.5) is 4.79 Å². The van der Waals surface area contributed by atoms with E-state index in [1.165, 1.54) is 27.3 Å². The number of imide groups is 1. The lowest BCUT2D eigenvalue weighted by Crippen LogP contribution is -2.63. The number of carbonyl (C=O) groups is 2. The lowest BCUT2D eigenvalue weighted by molar-refractivity contribution is -0.141. The number of ether oxygens (including phenoxy) is 3. The Morgan fingerprint density at radius 3 is 2.20 bits per heavy atom. The average molecular weight is 635 g/mol. The second-order valence-corrected chi connectivity index (χ2v) is 12.0. The molecule has 6 N–H and O–H groups in total. The van der Waals surface area contributed by atoms with E-state index in [-0.39, 0.29) is 39.2 Å². The minimum absolute atomic E-state index is 0.110. The van der Waals surface area contributed by atoms with Gasteiger partial charge in [-0.3, -0.25) is 29.4 Å². The molecule has 2 aromatic rings. The predicted octanol–water partition coefficient (Wildman–Crippen LogP) is -0.470. The lowest BCUT2D eigenvalue weighted by Gasteiger charge is -2.41. The summed E-state index contributed by atoms with van der Waals surface area (Å²) in [5.41, 5.74) is 0.239. The summed E-state index contributed by atoms with van der Waals surface area (Å²) in [7, 11) is 0. The summed E-state index contributed by atoms with van der Waals surface area (Å²) >= 11 is 0. The van der Waals surface area contributed by atoms with Crippen LogP contribution in [-0.4, -0.2) is 104 Å². The molecule has 0 aliphatic carbocycles. The van der Waals surface area contributed by atoms with E-state index < -0.39 is 65.5 Å². The third kappa shape index (κ3) is 8.05. The van der Waals surface area contributed by atoms with Crippen LogP contribution in [0.2, 0.25) is 0 Å². The van der Waals surface area contributed by atoms with Crippen LogP contribution in [0.3, 0.4) is 0 Å². The van der Waals surface area contributed by atoms with Gasteiger partial charge in [0.1, 0.15) is 24.7 Å². The number of rotatable bonds is 9. The molecule has 4 heterocycles. The molecule has 1 aromatic heterocycles. The van der Waals surface area contributed by atoms with Crippen molar-refractivity contribution in [2.45, 2.75) is 83.0 Å². The zero-order valence-electron chi connectivity index (χ0n) is 25.5. The van der Waals surface area contributed by atoms with E-state index in [4.69, 9.17) is 19.3 Å². The Morgan fingerprint density at radius 2 is 1.60 bits per heavy atom. The van der Waals surface area contributed by atoms with Gasteiger partial charge in [0.05, 0.1) is 44.1 Å². The van der Waals surface area contributed by atoms with Crippen LogP contribution in [0.1, 0.15) is 56.9 Å². The highest BCUT2D eigenvalue weighted by Crippen LogP contribution is 2.31. The van der Waals surface area contributed by atoms with Gasteiger partial charge >= 0.3 is 11.7 Å². The molecule has 0 saturated carbocycles. The molecular weight excluding hydrogens is 592 g/mol. The highest BCUT2D eigenvalue weighted by molar-refractivity contribution is 6.00. The van der Waals surface area contributed by atoms with Crippen LogP contribution in [0.25, 0.3) is 0 Å². The van der Waals surface area contributed by atoms with Gasteiger partial charge in [-0.1, -0.05) is 38.1 Å². The van der Waals surface area contributed by atoms with Crippen LogP contribution >= 0.6 is 0 Å². The van der Waals surface area contributed by atoms with Crippen LogP contribution in [0, 0.1) is 5.41 Å². The second-order valence-electron chi connectivity index (χ2n) is 12.0. The van der Waals surface area contributed by atoms with Crippen molar-refractivity contribution in [3.05, 3.63) is 68.5 Å². The summed E-state index contributed by atoms with van der Waals surface area (Å²) in [5, 5.41) is 40.0. The Balaban J connectivity index is 0.000000242. The number of hydrogen-bond donors (Lipinski definition) is 6. The highest BCUT2D eigenvalue weighted by atomic mass is 16.6. The molecule has 3 aliphatic heterocycles. The number of aromatic nitrogens is 2. The van der Waals surface area contributed by atoms with E-state index in [2.05, 4.69) is 30.2 Å². The molecule has 3 amide bonds. The van der Waals surface area contributed by atoms with Crippen LogP contribution < -0.4 is 16.6 Å². The summed E-state index contributed by atoms with van der Waals surface area (Å²) < 4.78 is 17.9. The van der Waals surface area contributed by atoms with Gasteiger partial charge < -0.3 is 34.6 Å². The Morgan fingerprint density at radius 1 is 0.978 bits per heavy atom. The number of aliphatic hydroxyl groups is 4. The normalized spacial score (nSPS) is 29.9. The van der Waals surface area contributed by atoms with Crippen molar-refractivity contribution in [3.63, 3.8) is 0 Å². The molecule has 3 saturated heterocycles. The maximum absolute atomic E-state index is 12.5. The monoisotopic (exact) mass is 634 g/mol. The second kappa shape index (κ2) is 14.8. The summed E-state index contributed by atoms with van der Waals surface area (Å²) in [5.74, 6) is -0.0324. The van der Waals surface area contributed by atoms with Crippen molar-refractivity contribution in [1.82, 2.24) is 19.8 Å². The summed E-state index contributed by atoms with van der Waals surface area (Å²) in [6.45, 7) is 5.95. The first-order chi connectivity index (χ1) is 21.4. The summed E-state index contributed by atoms with van der Waals surface area (Å²) in [6, 6.07) is 8.67. The fourth-order valence-corrected chi connectivity index (χ4v) is 5.57. The van der Waals surface area contributed by atoms with E-state index in [0.29, 0.717) is 12.5 Å². The van der Waals surface area contributed by atoms with E-state index in [1.807, 2.05) is 18.2 Å². The maximum Gasteiger partial charge on any atom is 0.330 e. The first-order valence-electron chi connectivity index (χ1n) is 14.8. The Hall–Kier alpha value is -3.44. The van der Waals surface area contributed by atoms with Gasteiger partial charge in [0, 0.05) is 31.6 Å². The molecule has 248 valence electrons. The number of aromatic amines is 1. The minimum atomic E-state index is -0.952. The predicted molar refractivity (Wildman–Crippen MR) is 158 cm³/mol. The van der Waals surface area contributed by atoms with Gasteiger partial charge in [-0.25, -0.2) is 9.59 Å². The van der Waals surface area contributed by atoms with Crippen molar-refractivity contribution in [3.8, 4) is 0 Å². The molecule has 45 heavy (non-hydrogen) atoms. The number of aliphatic hydroxyl groups excluding tert-OH is 4. The van der Waals surface area contributed by atoms with E-state index in [0.717, 1.165) is 5.56 Å². The van der Waals surface area contributed by atoms with Crippen LogP contribution in [0.15, 0.2) is 46.1 Å². The van der Waals surface area contributed by atoms with Crippen LogP contribution in [0.5, 0.6) is 0 Å². The van der Waals surface area contributed by atoms with Gasteiger partial charge in [-0.2, -0.15) is 0 Å². The molecule has 1 aromatic carbocycles. The number of urea groups is 1. The van der Waals surface area contributed by atoms with Crippen molar-refractivity contribution in [1.29, 1.82) is 0 Å². The number of hydrogen-bond acceptors (Lipinski definition) is 11. The largest absolute Gasteiger partial charge is 0.394 e. The topological polar surface area (TPSA) is 213 Å². The quantitative estimate of drug-likeness (QED) is 0.207. The van der Waals surface area contributed by atoms with Gasteiger partial charge in [-0.05, 0) is 24.0 Å². The van der Waals surface area contributed by atoms with Gasteiger partial charge in [0.2, 0.25) is 5.91 Å². The van der Waals surface area contributed by atoms with Crippen molar-refractivity contribution in [2.24, 2.45) is 5.41 Å². The van der Waals surface area contributed by atoms with Crippen LogP contribution in [-0.2, 0) is 25.6 Å². The molecular formula is C30H42N4O11. The highest BCUT2D eigenvalue weighted by Gasteiger charge is 2.48. The van der Waals surface area contributed by atoms with Crippen molar-refractivity contribution in [2.75, 3.05) is 26.4 Å². The van der Waals surface area contributed by atoms with E-state index in [9.17, 15) is 34.5 Å². The molecule has 15 heteroatoms. The number of benzene rings is 1. The molecule has 1 unspecified atom stereocenters. The fraction of sp³-hybridized carbons (Fsp3) is 0.600. The first kappa shape index (κ1) is 34.4. The first-order valence-corrected chi connectivity index (χ1v) is 14.8. The number of carbonyl (C=O) groups excluding carboxylic acids is 2. The Kier molecular flexibility index (Phi) is 11.3. The van der Waals surface area contributed by atoms with Gasteiger partial charge in [-0.15, -0.1) is 0 Å². The third-order valence-corrected chi connectivity index (χ3v) is 8.18. The maximum atomic E-state index is 12.5. The van der Waals surface area contributed by atoms with Crippen molar-refractivity contribution >= 4 is 11.9 Å². The minimum Gasteiger partial charge on any atom is -0.394 e. The molecule has 3 aliphatic rings. The number of H-pyrrole nitrogens is 1. The Bertz CT molecular complexity index is 1450. The molecule has 15 nitrogen and oxygen atoms in total. The smallest absolute Gasteiger partial charge is 0.330 e. The van der Waals surface area contributed by atoms with E-state index in [1.54, 1.807) is 6.92 Å². The molecule has 5 rings (SSSR count). The summed E-state index contributed by atoms with van der Waals surface area (Å²) in [4.78, 5) is 50.6. The zero-order valence-corrected chi connectivity index (χ0v) is 25.5. The van der Waals surface area contributed by atoms with E-state index >= 15 is 0 Å².